The molecule has 0 radical (unpaired) electrons. The maximum atomic E-state index is 12.0. The van der Waals surface area contributed by atoms with Gasteiger partial charge >= 0.3 is 0 Å². The average Bonchev–Trinajstić information content (AvgIpc) is 3.13. The van der Waals surface area contributed by atoms with E-state index in [0.717, 1.165) is 24.1 Å². The van der Waals surface area contributed by atoms with Gasteiger partial charge in [-0.3, -0.25) is 4.79 Å². The molecule has 1 aromatic carbocycles. The summed E-state index contributed by atoms with van der Waals surface area (Å²) in [5, 5.41) is 2.98. The Hall–Kier alpha value is -1.39. The van der Waals surface area contributed by atoms with Gasteiger partial charge in [0, 0.05) is 17.2 Å². The van der Waals surface area contributed by atoms with Crippen LogP contribution in [0.3, 0.4) is 0 Å². The van der Waals surface area contributed by atoms with Crippen LogP contribution in [-0.2, 0) is 14.3 Å². The lowest BCUT2D eigenvalue weighted by Crippen LogP contribution is -2.20. The van der Waals surface area contributed by atoms with Crippen LogP contribution < -0.4 is 5.32 Å². The summed E-state index contributed by atoms with van der Waals surface area (Å²) in [5.41, 5.74) is 1.84. The summed E-state index contributed by atoms with van der Waals surface area (Å²) in [7, 11) is 0. The second-order valence-electron chi connectivity index (χ2n) is 5.17. The minimum Gasteiger partial charge on any atom is -0.346 e. The molecule has 1 saturated carbocycles. The van der Waals surface area contributed by atoms with Crippen molar-refractivity contribution in [2.45, 2.75) is 32.0 Å². The van der Waals surface area contributed by atoms with E-state index in [1.807, 2.05) is 24.3 Å². The van der Waals surface area contributed by atoms with Crippen LogP contribution in [0.25, 0.3) is 0 Å². The van der Waals surface area contributed by atoms with Gasteiger partial charge in [-0.2, -0.15) is 0 Å². The number of rotatable bonds is 3. The standard InChI is InChI=1S/C15H19NO3/c17-14(11-3-1-2-4-11)16-13-7-5-12(6-8-13)15-18-9-10-19-15/h5-8,11,15H,1-4,9-10H2,(H,16,17). The van der Waals surface area contributed by atoms with Gasteiger partial charge in [-0.05, 0) is 25.0 Å². The number of benzene rings is 1. The number of hydrogen-bond acceptors (Lipinski definition) is 3. The number of anilines is 1. The molecule has 0 spiro atoms. The molecule has 2 aliphatic rings. The molecular formula is C15H19NO3. The molecule has 1 amide bonds. The highest BCUT2D eigenvalue weighted by molar-refractivity contribution is 5.92. The van der Waals surface area contributed by atoms with Gasteiger partial charge in [-0.25, -0.2) is 0 Å². The van der Waals surface area contributed by atoms with Crippen LogP contribution in [0.1, 0.15) is 37.5 Å². The van der Waals surface area contributed by atoms with Crippen LogP contribution in [0, 0.1) is 5.92 Å². The first-order chi connectivity index (χ1) is 9.33. The predicted octanol–water partition coefficient (Wildman–Crippen LogP) is 2.86. The number of nitrogens with one attached hydrogen (secondary N) is 1. The summed E-state index contributed by atoms with van der Waals surface area (Å²) < 4.78 is 10.9. The van der Waals surface area contributed by atoms with E-state index in [-0.39, 0.29) is 18.1 Å². The van der Waals surface area contributed by atoms with Crippen molar-refractivity contribution >= 4 is 11.6 Å². The van der Waals surface area contributed by atoms with E-state index in [9.17, 15) is 4.79 Å². The number of hydrogen-bond donors (Lipinski definition) is 1. The fourth-order valence-electron chi connectivity index (χ4n) is 2.71. The summed E-state index contributed by atoms with van der Waals surface area (Å²) in [5.74, 6) is 0.347. The van der Waals surface area contributed by atoms with Crippen LogP contribution in [0.2, 0.25) is 0 Å². The molecule has 1 aliphatic heterocycles. The molecule has 0 bridgehead atoms. The van der Waals surface area contributed by atoms with Crippen molar-refractivity contribution in [3.05, 3.63) is 29.8 Å². The Morgan fingerprint density at radius 2 is 1.68 bits per heavy atom. The second kappa shape index (κ2) is 5.72. The molecule has 19 heavy (non-hydrogen) atoms. The molecule has 1 N–H and O–H groups in total. The maximum Gasteiger partial charge on any atom is 0.227 e. The number of amides is 1. The number of carbonyl (C=O) groups is 1. The Balaban J connectivity index is 1.60. The molecule has 1 aromatic rings. The highest BCUT2D eigenvalue weighted by atomic mass is 16.7. The summed E-state index contributed by atoms with van der Waals surface area (Å²) >= 11 is 0. The van der Waals surface area contributed by atoms with Gasteiger partial charge < -0.3 is 14.8 Å². The molecule has 0 atom stereocenters. The minimum absolute atomic E-state index is 0.151. The van der Waals surface area contributed by atoms with Crippen molar-refractivity contribution < 1.29 is 14.3 Å². The number of ether oxygens (including phenoxy) is 2. The Morgan fingerprint density at radius 1 is 1.05 bits per heavy atom. The Labute approximate surface area is 113 Å². The molecule has 0 unspecified atom stereocenters. The molecule has 2 fully saturated rings. The first kappa shape index (κ1) is 12.6. The second-order valence-corrected chi connectivity index (χ2v) is 5.17. The quantitative estimate of drug-likeness (QED) is 0.910. The highest BCUT2D eigenvalue weighted by Gasteiger charge is 2.23. The molecule has 102 valence electrons. The normalized spacial score (nSPS) is 20.8. The topological polar surface area (TPSA) is 47.6 Å². The largest absolute Gasteiger partial charge is 0.346 e. The van der Waals surface area contributed by atoms with Crippen molar-refractivity contribution in [1.29, 1.82) is 0 Å². The zero-order chi connectivity index (χ0) is 13.1. The SMILES string of the molecule is O=C(Nc1ccc(C2OCCO2)cc1)C1CCCC1. The average molecular weight is 261 g/mol. The Morgan fingerprint density at radius 3 is 2.32 bits per heavy atom. The minimum atomic E-state index is -0.250. The number of carbonyl (C=O) groups excluding carboxylic acids is 1. The summed E-state index contributed by atoms with van der Waals surface area (Å²) in [6.45, 7) is 1.29. The van der Waals surface area contributed by atoms with Gasteiger partial charge in [0.15, 0.2) is 6.29 Å². The van der Waals surface area contributed by atoms with E-state index in [0.29, 0.717) is 13.2 Å². The third-order valence-corrected chi connectivity index (χ3v) is 3.80. The Bertz CT molecular complexity index is 431. The van der Waals surface area contributed by atoms with Crippen molar-refractivity contribution in [3.63, 3.8) is 0 Å². The van der Waals surface area contributed by atoms with Gasteiger partial charge in [0.2, 0.25) is 5.91 Å². The molecule has 4 heteroatoms. The van der Waals surface area contributed by atoms with Crippen LogP contribution in [0.4, 0.5) is 5.69 Å². The summed E-state index contributed by atoms with van der Waals surface area (Å²) in [6.07, 6.45) is 4.14. The van der Waals surface area contributed by atoms with Crippen LogP contribution >= 0.6 is 0 Å². The molecule has 0 aromatic heterocycles. The fourth-order valence-corrected chi connectivity index (χ4v) is 2.71. The molecule has 1 heterocycles. The monoisotopic (exact) mass is 261 g/mol. The highest BCUT2D eigenvalue weighted by Crippen LogP contribution is 2.27. The summed E-state index contributed by atoms with van der Waals surface area (Å²) in [4.78, 5) is 12.0. The van der Waals surface area contributed by atoms with Gasteiger partial charge in [0.1, 0.15) is 0 Å². The fraction of sp³-hybridized carbons (Fsp3) is 0.533. The van der Waals surface area contributed by atoms with Gasteiger partial charge in [-0.1, -0.05) is 25.0 Å². The molecule has 3 rings (SSSR count). The van der Waals surface area contributed by atoms with E-state index in [1.54, 1.807) is 0 Å². The molecule has 4 nitrogen and oxygen atoms in total. The molecular weight excluding hydrogens is 242 g/mol. The maximum absolute atomic E-state index is 12.0. The van der Waals surface area contributed by atoms with Gasteiger partial charge in [0.25, 0.3) is 0 Å². The zero-order valence-electron chi connectivity index (χ0n) is 10.9. The van der Waals surface area contributed by atoms with Crippen molar-refractivity contribution in [3.8, 4) is 0 Å². The third kappa shape index (κ3) is 2.96. The summed E-state index contributed by atoms with van der Waals surface area (Å²) in [6, 6.07) is 7.71. The van der Waals surface area contributed by atoms with Crippen molar-refractivity contribution in [2.75, 3.05) is 18.5 Å². The van der Waals surface area contributed by atoms with Crippen molar-refractivity contribution in [1.82, 2.24) is 0 Å². The third-order valence-electron chi connectivity index (χ3n) is 3.80. The van der Waals surface area contributed by atoms with Crippen LogP contribution in [-0.4, -0.2) is 19.1 Å². The lowest BCUT2D eigenvalue weighted by molar-refractivity contribution is -0.119. The van der Waals surface area contributed by atoms with E-state index >= 15 is 0 Å². The van der Waals surface area contributed by atoms with E-state index in [4.69, 9.17) is 9.47 Å². The zero-order valence-corrected chi connectivity index (χ0v) is 10.9. The van der Waals surface area contributed by atoms with Gasteiger partial charge in [0.05, 0.1) is 13.2 Å². The van der Waals surface area contributed by atoms with E-state index in [2.05, 4.69) is 5.32 Å². The predicted molar refractivity (Wildman–Crippen MR) is 71.7 cm³/mol. The first-order valence-corrected chi connectivity index (χ1v) is 6.97. The van der Waals surface area contributed by atoms with E-state index < -0.39 is 0 Å². The lowest BCUT2D eigenvalue weighted by atomic mass is 10.1. The molecule has 1 saturated heterocycles. The van der Waals surface area contributed by atoms with E-state index in [1.165, 1.54) is 12.8 Å². The Kier molecular flexibility index (Phi) is 3.80. The van der Waals surface area contributed by atoms with Crippen LogP contribution in [0.15, 0.2) is 24.3 Å². The lowest BCUT2D eigenvalue weighted by Gasteiger charge is -2.12. The van der Waals surface area contributed by atoms with Crippen molar-refractivity contribution in [2.24, 2.45) is 5.92 Å². The first-order valence-electron chi connectivity index (χ1n) is 6.97. The molecule has 1 aliphatic carbocycles. The van der Waals surface area contributed by atoms with Crippen LogP contribution in [0.5, 0.6) is 0 Å². The smallest absolute Gasteiger partial charge is 0.227 e. The van der Waals surface area contributed by atoms with Gasteiger partial charge in [-0.15, -0.1) is 0 Å².